The van der Waals surface area contributed by atoms with E-state index in [1.54, 1.807) is 0 Å². The number of hydrogen-bond acceptors (Lipinski definition) is 6. The summed E-state index contributed by atoms with van der Waals surface area (Å²) in [5.41, 5.74) is 0. The fourth-order valence-electron chi connectivity index (χ4n) is 10.1. The van der Waals surface area contributed by atoms with Gasteiger partial charge in [0, 0.05) is 19.3 Å². The standard InChI is InChI=1S/C65H126O6/c1-6-7-8-9-10-11-12-13-25-30-35-40-45-50-55-63(66)69-58-62(71-65(68)57-52-47-42-37-32-27-22-18-20-24-29-34-39-44-49-54-61(4)5)59-70-64(67)56-51-46-41-36-31-26-21-17-15-14-16-19-23-28-33-38-43-48-53-60(2)3/h60-62H,6-59H2,1-5H3/t62-/m1/s1. The molecule has 0 aromatic heterocycles. The van der Waals surface area contributed by atoms with Gasteiger partial charge in [-0.1, -0.05) is 330 Å². The lowest BCUT2D eigenvalue weighted by Crippen LogP contribution is -2.30. The molecule has 422 valence electrons. The van der Waals surface area contributed by atoms with Crippen molar-refractivity contribution < 1.29 is 28.6 Å². The van der Waals surface area contributed by atoms with E-state index in [1.807, 2.05) is 0 Å². The van der Waals surface area contributed by atoms with Crippen LogP contribution in [0.15, 0.2) is 0 Å². The Hall–Kier alpha value is -1.59. The third kappa shape index (κ3) is 59.2. The number of esters is 3. The van der Waals surface area contributed by atoms with Gasteiger partial charge >= 0.3 is 17.9 Å². The minimum atomic E-state index is -0.763. The number of ether oxygens (including phenoxy) is 3. The molecule has 0 N–H and O–H groups in total. The molecular weight excluding hydrogens is 877 g/mol. The van der Waals surface area contributed by atoms with Crippen LogP contribution in [0.2, 0.25) is 0 Å². The van der Waals surface area contributed by atoms with Crippen LogP contribution in [0.3, 0.4) is 0 Å². The molecule has 1 atom stereocenters. The van der Waals surface area contributed by atoms with Gasteiger partial charge in [0.25, 0.3) is 0 Å². The molecule has 0 radical (unpaired) electrons. The first-order valence-corrected chi connectivity index (χ1v) is 32.2. The molecule has 0 amide bonds. The van der Waals surface area contributed by atoms with Crippen molar-refractivity contribution in [3.05, 3.63) is 0 Å². The highest BCUT2D eigenvalue weighted by atomic mass is 16.6. The van der Waals surface area contributed by atoms with Gasteiger partial charge in [-0.3, -0.25) is 14.4 Å². The Balaban J connectivity index is 4.26. The van der Waals surface area contributed by atoms with Crippen molar-refractivity contribution in [2.75, 3.05) is 13.2 Å². The Morgan fingerprint density at radius 3 is 0.690 bits per heavy atom. The Labute approximate surface area is 444 Å². The summed E-state index contributed by atoms with van der Waals surface area (Å²) in [4.78, 5) is 38.3. The highest BCUT2D eigenvalue weighted by Crippen LogP contribution is 2.19. The highest BCUT2D eigenvalue weighted by molar-refractivity contribution is 5.71. The smallest absolute Gasteiger partial charge is 0.306 e. The maximum atomic E-state index is 12.9. The molecule has 0 rings (SSSR count). The summed E-state index contributed by atoms with van der Waals surface area (Å²) in [5.74, 6) is 0.877. The summed E-state index contributed by atoms with van der Waals surface area (Å²) in [5, 5.41) is 0. The molecule has 0 unspecified atom stereocenters. The second kappa shape index (κ2) is 57.7. The predicted molar refractivity (Wildman–Crippen MR) is 307 cm³/mol. The van der Waals surface area contributed by atoms with Crippen molar-refractivity contribution in [2.24, 2.45) is 11.8 Å². The summed E-state index contributed by atoms with van der Waals surface area (Å²) >= 11 is 0. The molecule has 0 saturated heterocycles. The molecule has 0 spiro atoms. The first-order chi connectivity index (χ1) is 34.7. The average molecular weight is 1000 g/mol. The quantitative estimate of drug-likeness (QED) is 0.0343. The number of carbonyl (C=O) groups excluding carboxylic acids is 3. The van der Waals surface area contributed by atoms with Gasteiger partial charge in [-0.2, -0.15) is 0 Å². The van der Waals surface area contributed by atoms with Crippen LogP contribution in [0.1, 0.15) is 369 Å². The number of rotatable bonds is 59. The third-order valence-corrected chi connectivity index (χ3v) is 15.0. The van der Waals surface area contributed by atoms with E-state index in [2.05, 4.69) is 34.6 Å². The molecule has 0 aromatic carbocycles. The number of hydrogen-bond donors (Lipinski definition) is 0. The average Bonchev–Trinajstić information content (AvgIpc) is 3.35. The van der Waals surface area contributed by atoms with E-state index in [4.69, 9.17) is 14.2 Å². The normalized spacial score (nSPS) is 12.0. The minimum absolute atomic E-state index is 0.0617. The monoisotopic (exact) mass is 1000 g/mol. The van der Waals surface area contributed by atoms with Gasteiger partial charge < -0.3 is 14.2 Å². The van der Waals surface area contributed by atoms with Gasteiger partial charge in [0.05, 0.1) is 0 Å². The van der Waals surface area contributed by atoms with Crippen LogP contribution in [0.4, 0.5) is 0 Å². The number of carbonyl (C=O) groups is 3. The second-order valence-electron chi connectivity index (χ2n) is 23.4. The van der Waals surface area contributed by atoms with E-state index >= 15 is 0 Å². The van der Waals surface area contributed by atoms with E-state index in [1.165, 1.54) is 257 Å². The second-order valence-corrected chi connectivity index (χ2v) is 23.4. The fraction of sp³-hybridized carbons (Fsp3) is 0.954. The van der Waals surface area contributed by atoms with E-state index in [0.717, 1.165) is 69.6 Å². The Morgan fingerprint density at radius 1 is 0.268 bits per heavy atom. The molecule has 6 nitrogen and oxygen atoms in total. The summed E-state index contributed by atoms with van der Waals surface area (Å²) in [6.45, 7) is 11.5. The first kappa shape index (κ1) is 69.4. The highest BCUT2D eigenvalue weighted by Gasteiger charge is 2.19. The van der Waals surface area contributed by atoms with E-state index in [0.29, 0.717) is 19.3 Å². The van der Waals surface area contributed by atoms with Gasteiger partial charge in [0.2, 0.25) is 0 Å². The lowest BCUT2D eigenvalue weighted by atomic mass is 10.0. The molecular formula is C65H126O6. The zero-order chi connectivity index (χ0) is 51.8. The van der Waals surface area contributed by atoms with Gasteiger partial charge in [0.1, 0.15) is 13.2 Å². The molecule has 6 heteroatoms. The third-order valence-electron chi connectivity index (χ3n) is 15.0. The Morgan fingerprint density at radius 2 is 0.465 bits per heavy atom. The van der Waals surface area contributed by atoms with Crippen molar-refractivity contribution >= 4 is 17.9 Å². The van der Waals surface area contributed by atoms with Crippen molar-refractivity contribution in [1.29, 1.82) is 0 Å². The van der Waals surface area contributed by atoms with Crippen molar-refractivity contribution in [3.8, 4) is 0 Å². The Bertz CT molecular complexity index is 1090. The van der Waals surface area contributed by atoms with E-state index in [9.17, 15) is 14.4 Å². The number of unbranched alkanes of at least 4 members (excludes halogenated alkanes) is 44. The van der Waals surface area contributed by atoms with Crippen LogP contribution in [-0.2, 0) is 28.6 Å². The maximum Gasteiger partial charge on any atom is 0.306 e. The molecule has 0 heterocycles. The van der Waals surface area contributed by atoms with Crippen LogP contribution in [-0.4, -0.2) is 37.2 Å². The first-order valence-electron chi connectivity index (χ1n) is 32.2. The molecule has 0 aliphatic carbocycles. The molecule has 0 aliphatic rings. The molecule has 0 aliphatic heterocycles. The lowest BCUT2D eigenvalue weighted by Gasteiger charge is -2.18. The van der Waals surface area contributed by atoms with Gasteiger partial charge in [-0.25, -0.2) is 0 Å². The van der Waals surface area contributed by atoms with Gasteiger partial charge in [-0.15, -0.1) is 0 Å². The Kier molecular flexibility index (Phi) is 56.4. The fourth-order valence-corrected chi connectivity index (χ4v) is 10.1. The van der Waals surface area contributed by atoms with Crippen LogP contribution in [0.25, 0.3) is 0 Å². The largest absolute Gasteiger partial charge is 0.462 e. The van der Waals surface area contributed by atoms with Crippen molar-refractivity contribution in [2.45, 2.75) is 375 Å². The van der Waals surface area contributed by atoms with Gasteiger partial charge in [-0.05, 0) is 31.1 Å². The minimum Gasteiger partial charge on any atom is -0.462 e. The van der Waals surface area contributed by atoms with Crippen molar-refractivity contribution in [3.63, 3.8) is 0 Å². The summed E-state index contributed by atoms with van der Waals surface area (Å²) in [6, 6.07) is 0. The van der Waals surface area contributed by atoms with Crippen molar-refractivity contribution in [1.82, 2.24) is 0 Å². The lowest BCUT2D eigenvalue weighted by molar-refractivity contribution is -0.167. The maximum absolute atomic E-state index is 12.9. The van der Waals surface area contributed by atoms with Crippen LogP contribution in [0.5, 0.6) is 0 Å². The summed E-state index contributed by atoms with van der Waals surface area (Å²) in [6.07, 6.45) is 63.9. The van der Waals surface area contributed by atoms with E-state index in [-0.39, 0.29) is 31.1 Å². The topological polar surface area (TPSA) is 78.9 Å². The molecule has 0 fully saturated rings. The van der Waals surface area contributed by atoms with E-state index < -0.39 is 6.10 Å². The molecule has 0 aromatic rings. The SMILES string of the molecule is CCCCCCCCCCCCCCCCC(=O)OC[C@H](COC(=O)CCCCCCCCCCCCCCCCCCCCC(C)C)OC(=O)CCCCCCCCCCCCCCCCCC(C)C. The molecule has 0 saturated carbocycles. The molecule has 71 heavy (non-hydrogen) atoms. The zero-order valence-corrected chi connectivity index (χ0v) is 48.9. The molecule has 0 bridgehead atoms. The van der Waals surface area contributed by atoms with Crippen LogP contribution >= 0.6 is 0 Å². The summed E-state index contributed by atoms with van der Waals surface area (Å²) in [7, 11) is 0. The zero-order valence-electron chi connectivity index (χ0n) is 48.9. The predicted octanol–water partition coefficient (Wildman–Crippen LogP) is 21.6. The van der Waals surface area contributed by atoms with Crippen LogP contribution in [0, 0.1) is 11.8 Å². The van der Waals surface area contributed by atoms with Gasteiger partial charge in [0.15, 0.2) is 6.10 Å². The van der Waals surface area contributed by atoms with Crippen LogP contribution < -0.4 is 0 Å². The summed E-state index contributed by atoms with van der Waals surface area (Å²) < 4.78 is 17.0.